The number of carboxylic acid groups (broad SMARTS) is 1. The lowest BCUT2D eigenvalue weighted by Gasteiger charge is -2.26. The molecular formula is C20H21N3O4S. The lowest BCUT2D eigenvalue weighted by Crippen LogP contribution is -2.50. The van der Waals surface area contributed by atoms with Gasteiger partial charge in [0, 0.05) is 12.0 Å². The second-order valence-corrected chi connectivity index (χ2v) is 8.20. The molecule has 3 heterocycles. The standard InChI is InChI=1S/C20H21N3O4S/c1-13-15-9-16(18(26)21-20(10-17(24)25)7-8-27-12-20)28-19(15)23(22-13)11-14-5-3-2-4-6-14/h2-6,9H,7-8,10-12H2,1H3,(H,21,26)(H,24,25). The van der Waals surface area contributed by atoms with Gasteiger partial charge < -0.3 is 15.2 Å². The van der Waals surface area contributed by atoms with Gasteiger partial charge in [0.1, 0.15) is 4.83 Å². The van der Waals surface area contributed by atoms with Crippen LogP contribution in [0.4, 0.5) is 0 Å². The Bertz CT molecular complexity index is 1020. The van der Waals surface area contributed by atoms with Crippen LogP contribution >= 0.6 is 11.3 Å². The minimum absolute atomic E-state index is 0.148. The summed E-state index contributed by atoms with van der Waals surface area (Å²) < 4.78 is 7.27. The predicted molar refractivity (Wildman–Crippen MR) is 106 cm³/mol. The molecule has 8 heteroatoms. The fraction of sp³-hybridized carbons (Fsp3) is 0.350. The lowest BCUT2D eigenvalue weighted by molar-refractivity contribution is -0.138. The number of fused-ring (bicyclic) bond motifs is 1. The van der Waals surface area contributed by atoms with Crippen molar-refractivity contribution in [2.75, 3.05) is 13.2 Å². The Kier molecular flexibility index (Phi) is 4.91. The van der Waals surface area contributed by atoms with E-state index in [-0.39, 0.29) is 18.9 Å². The second kappa shape index (κ2) is 7.37. The maximum absolute atomic E-state index is 12.9. The fourth-order valence-corrected chi connectivity index (χ4v) is 4.63. The molecule has 7 nitrogen and oxygen atoms in total. The first-order valence-corrected chi connectivity index (χ1v) is 9.90. The topological polar surface area (TPSA) is 93.5 Å². The van der Waals surface area contributed by atoms with Gasteiger partial charge in [0.15, 0.2) is 0 Å². The second-order valence-electron chi connectivity index (χ2n) is 7.17. The van der Waals surface area contributed by atoms with E-state index >= 15 is 0 Å². The van der Waals surface area contributed by atoms with Gasteiger partial charge in [-0.05, 0) is 25.0 Å². The molecule has 1 aromatic carbocycles. The Balaban J connectivity index is 1.60. The van der Waals surface area contributed by atoms with E-state index in [0.29, 0.717) is 24.4 Å². The first kappa shape index (κ1) is 18.6. The SMILES string of the molecule is Cc1nn(Cc2ccccc2)c2sc(C(=O)NC3(CC(=O)O)CCOC3)cc12. The third-order valence-electron chi connectivity index (χ3n) is 4.98. The van der Waals surface area contributed by atoms with Gasteiger partial charge >= 0.3 is 5.97 Å². The molecule has 0 radical (unpaired) electrons. The number of nitrogens with one attached hydrogen (secondary N) is 1. The molecule has 2 aromatic heterocycles. The van der Waals surface area contributed by atoms with E-state index in [1.807, 2.05) is 48.0 Å². The van der Waals surface area contributed by atoms with Crippen LogP contribution in [0.3, 0.4) is 0 Å². The maximum atomic E-state index is 12.9. The number of aryl methyl sites for hydroxylation is 1. The molecule has 4 rings (SSSR count). The summed E-state index contributed by atoms with van der Waals surface area (Å²) >= 11 is 1.37. The first-order chi connectivity index (χ1) is 13.5. The van der Waals surface area contributed by atoms with Crippen LogP contribution in [0.2, 0.25) is 0 Å². The zero-order valence-electron chi connectivity index (χ0n) is 15.5. The van der Waals surface area contributed by atoms with Crippen molar-refractivity contribution < 1.29 is 19.4 Å². The zero-order chi connectivity index (χ0) is 19.7. The largest absolute Gasteiger partial charge is 0.481 e. The third-order valence-corrected chi connectivity index (χ3v) is 6.13. The Morgan fingerprint density at radius 1 is 1.36 bits per heavy atom. The number of hydrogen-bond donors (Lipinski definition) is 2. The summed E-state index contributed by atoms with van der Waals surface area (Å²) in [7, 11) is 0. The molecule has 3 aromatic rings. The van der Waals surface area contributed by atoms with E-state index in [1.165, 1.54) is 11.3 Å². The van der Waals surface area contributed by atoms with E-state index in [9.17, 15) is 14.7 Å². The van der Waals surface area contributed by atoms with Crippen LogP contribution in [0.1, 0.15) is 33.8 Å². The van der Waals surface area contributed by atoms with E-state index in [2.05, 4.69) is 10.4 Å². The van der Waals surface area contributed by atoms with Crippen molar-refractivity contribution in [3.8, 4) is 0 Å². The van der Waals surface area contributed by atoms with Gasteiger partial charge in [-0.1, -0.05) is 30.3 Å². The van der Waals surface area contributed by atoms with Crippen molar-refractivity contribution in [1.29, 1.82) is 0 Å². The molecule has 1 aliphatic rings. The number of ether oxygens (including phenoxy) is 1. The van der Waals surface area contributed by atoms with E-state index < -0.39 is 11.5 Å². The number of carboxylic acids is 1. The molecule has 2 N–H and O–H groups in total. The normalized spacial score (nSPS) is 19.2. The highest BCUT2D eigenvalue weighted by Crippen LogP contribution is 2.30. The molecular weight excluding hydrogens is 378 g/mol. The van der Waals surface area contributed by atoms with Crippen molar-refractivity contribution in [3.63, 3.8) is 0 Å². The molecule has 1 saturated heterocycles. The molecule has 1 atom stereocenters. The van der Waals surface area contributed by atoms with Crippen LogP contribution in [-0.4, -0.2) is 45.5 Å². The van der Waals surface area contributed by atoms with Gasteiger partial charge in [-0.15, -0.1) is 11.3 Å². The van der Waals surface area contributed by atoms with Crippen molar-refractivity contribution in [3.05, 3.63) is 52.5 Å². The molecule has 1 amide bonds. The van der Waals surface area contributed by atoms with Crippen molar-refractivity contribution in [1.82, 2.24) is 15.1 Å². The number of carbonyl (C=O) groups is 2. The molecule has 28 heavy (non-hydrogen) atoms. The lowest BCUT2D eigenvalue weighted by atomic mass is 9.94. The molecule has 0 bridgehead atoms. The third kappa shape index (κ3) is 3.65. The molecule has 146 valence electrons. The summed E-state index contributed by atoms with van der Waals surface area (Å²) in [5, 5.41) is 17.7. The minimum atomic E-state index is -0.948. The molecule has 1 unspecified atom stereocenters. The minimum Gasteiger partial charge on any atom is -0.481 e. The Hall–Kier alpha value is -2.71. The number of nitrogens with zero attached hydrogens (tertiary/aromatic N) is 2. The molecule has 1 aliphatic heterocycles. The van der Waals surface area contributed by atoms with Crippen LogP contribution in [0.5, 0.6) is 0 Å². The number of aromatic nitrogens is 2. The molecule has 0 saturated carbocycles. The van der Waals surface area contributed by atoms with Crippen LogP contribution in [0, 0.1) is 6.92 Å². The number of rotatable bonds is 6. The molecule has 0 aliphatic carbocycles. The summed E-state index contributed by atoms with van der Waals surface area (Å²) in [6, 6.07) is 11.9. The van der Waals surface area contributed by atoms with Gasteiger partial charge in [-0.2, -0.15) is 5.10 Å². The van der Waals surface area contributed by atoms with Crippen LogP contribution in [0.25, 0.3) is 10.2 Å². The van der Waals surface area contributed by atoms with E-state index in [4.69, 9.17) is 4.74 Å². The summed E-state index contributed by atoms with van der Waals surface area (Å²) in [6.45, 7) is 3.22. The summed E-state index contributed by atoms with van der Waals surface area (Å²) in [5.74, 6) is -1.21. The molecule has 1 fully saturated rings. The van der Waals surface area contributed by atoms with Gasteiger partial charge in [0.25, 0.3) is 5.91 Å². The monoisotopic (exact) mass is 399 g/mol. The van der Waals surface area contributed by atoms with E-state index in [0.717, 1.165) is 21.5 Å². The van der Waals surface area contributed by atoms with Crippen LogP contribution < -0.4 is 5.32 Å². The van der Waals surface area contributed by atoms with Crippen molar-refractivity contribution in [2.24, 2.45) is 0 Å². The van der Waals surface area contributed by atoms with Gasteiger partial charge in [0.2, 0.25) is 0 Å². The summed E-state index contributed by atoms with van der Waals surface area (Å²) in [5.41, 5.74) is 1.16. The average Bonchev–Trinajstić information content (AvgIpc) is 3.34. The predicted octanol–water partition coefficient (Wildman–Crippen LogP) is 2.82. The van der Waals surface area contributed by atoms with Gasteiger partial charge in [-0.3, -0.25) is 14.3 Å². The average molecular weight is 399 g/mol. The van der Waals surface area contributed by atoms with Gasteiger partial charge in [0.05, 0.1) is 35.7 Å². The number of aliphatic carboxylic acids is 1. The first-order valence-electron chi connectivity index (χ1n) is 9.09. The number of benzene rings is 1. The smallest absolute Gasteiger partial charge is 0.305 e. The van der Waals surface area contributed by atoms with Gasteiger partial charge in [-0.25, -0.2) is 0 Å². The van der Waals surface area contributed by atoms with Crippen LogP contribution in [0.15, 0.2) is 36.4 Å². The Morgan fingerprint density at radius 2 is 2.14 bits per heavy atom. The summed E-state index contributed by atoms with van der Waals surface area (Å²) in [4.78, 5) is 25.6. The highest BCUT2D eigenvalue weighted by atomic mass is 32.1. The zero-order valence-corrected chi connectivity index (χ0v) is 16.3. The van der Waals surface area contributed by atoms with Crippen molar-refractivity contribution >= 4 is 33.4 Å². The number of thiophene rings is 1. The van der Waals surface area contributed by atoms with E-state index in [1.54, 1.807) is 0 Å². The number of hydrogen-bond acceptors (Lipinski definition) is 5. The van der Waals surface area contributed by atoms with Crippen molar-refractivity contribution in [2.45, 2.75) is 31.8 Å². The fourth-order valence-electron chi connectivity index (χ4n) is 3.57. The number of amides is 1. The Labute approximate surface area is 165 Å². The maximum Gasteiger partial charge on any atom is 0.305 e. The quantitative estimate of drug-likeness (QED) is 0.665. The number of carbonyl (C=O) groups excluding carboxylic acids is 1. The highest BCUT2D eigenvalue weighted by molar-refractivity contribution is 7.20. The highest BCUT2D eigenvalue weighted by Gasteiger charge is 2.39. The Morgan fingerprint density at radius 3 is 2.82 bits per heavy atom. The van der Waals surface area contributed by atoms with Crippen LogP contribution in [-0.2, 0) is 16.1 Å². The summed E-state index contributed by atoms with van der Waals surface area (Å²) in [6.07, 6.45) is 0.348. The molecule has 0 spiro atoms.